The summed E-state index contributed by atoms with van der Waals surface area (Å²) in [4.78, 5) is 0. The maximum Gasteiger partial charge on any atom is 0.127 e. The molecule has 0 aromatic heterocycles. The quantitative estimate of drug-likeness (QED) is 0.861. The van der Waals surface area contributed by atoms with Gasteiger partial charge in [0, 0.05) is 18.2 Å². The van der Waals surface area contributed by atoms with E-state index in [0.717, 1.165) is 6.54 Å². The molecule has 0 aliphatic rings. The van der Waals surface area contributed by atoms with Crippen LogP contribution in [0.3, 0.4) is 0 Å². The van der Waals surface area contributed by atoms with Crippen molar-refractivity contribution in [1.82, 2.24) is 5.32 Å². The lowest BCUT2D eigenvalue weighted by Gasteiger charge is -2.16. The highest BCUT2D eigenvalue weighted by Gasteiger charge is 2.10. The molecule has 1 atom stereocenters. The third-order valence-electron chi connectivity index (χ3n) is 3.48. The van der Waals surface area contributed by atoms with Crippen LogP contribution in [0, 0.1) is 19.7 Å². The monoisotopic (exact) mass is 257 g/mol. The third kappa shape index (κ3) is 3.42. The van der Waals surface area contributed by atoms with E-state index in [1.165, 1.54) is 22.8 Å². The molecule has 0 heterocycles. The van der Waals surface area contributed by atoms with E-state index in [2.05, 4.69) is 37.4 Å². The van der Waals surface area contributed by atoms with Crippen molar-refractivity contribution in [1.29, 1.82) is 0 Å². The second-order valence-electron chi connectivity index (χ2n) is 5.05. The van der Waals surface area contributed by atoms with E-state index < -0.39 is 0 Å². The topological polar surface area (TPSA) is 12.0 Å². The van der Waals surface area contributed by atoms with Crippen LogP contribution in [0.2, 0.25) is 0 Å². The van der Waals surface area contributed by atoms with Crippen LogP contribution in [0.25, 0.3) is 0 Å². The Bertz CT molecular complexity index is 563. The number of hydrogen-bond acceptors (Lipinski definition) is 1. The van der Waals surface area contributed by atoms with Crippen LogP contribution in [0.1, 0.15) is 35.2 Å². The van der Waals surface area contributed by atoms with Crippen LogP contribution in [-0.2, 0) is 6.54 Å². The minimum atomic E-state index is -0.150. The predicted octanol–water partition coefficient (Wildman–Crippen LogP) is 4.29. The minimum Gasteiger partial charge on any atom is -0.306 e. The molecule has 0 amide bonds. The molecule has 1 N–H and O–H groups in total. The molecule has 2 aromatic rings. The minimum absolute atomic E-state index is 0.00103. The van der Waals surface area contributed by atoms with Gasteiger partial charge in [0.15, 0.2) is 0 Å². The van der Waals surface area contributed by atoms with E-state index in [-0.39, 0.29) is 11.9 Å². The van der Waals surface area contributed by atoms with Crippen molar-refractivity contribution < 1.29 is 4.39 Å². The van der Waals surface area contributed by atoms with Crippen molar-refractivity contribution in [3.05, 3.63) is 70.5 Å². The first-order chi connectivity index (χ1) is 9.08. The van der Waals surface area contributed by atoms with Crippen molar-refractivity contribution >= 4 is 0 Å². The number of halogens is 1. The third-order valence-corrected chi connectivity index (χ3v) is 3.48. The van der Waals surface area contributed by atoms with Gasteiger partial charge in [0.1, 0.15) is 5.82 Å². The van der Waals surface area contributed by atoms with Gasteiger partial charge >= 0.3 is 0 Å². The van der Waals surface area contributed by atoms with Gasteiger partial charge < -0.3 is 5.32 Å². The average Bonchev–Trinajstić information content (AvgIpc) is 2.40. The molecule has 1 unspecified atom stereocenters. The molecule has 0 aliphatic heterocycles. The molecule has 0 saturated heterocycles. The van der Waals surface area contributed by atoms with Gasteiger partial charge in [0.05, 0.1) is 0 Å². The Kier molecular flexibility index (Phi) is 4.33. The SMILES string of the molecule is Cc1ccc(C)c(CNC(C)c2ccccc2F)c1. The van der Waals surface area contributed by atoms with Gasteiger partial charge in [-0.25, -0.2) is 4.39 Å². The molecule has 0 fully saturated rings. The highest BCUT2D eigenvalue weighted by atomic mass is 19.1. The lowest BCUT2D eigenvalue weighted by atomic mass is 10.0. The Morgan fingerprint density at radius 3 is 2.58 bits per heavy atom. The van der Waals surface area contributed by atoms with Crippen LogP contribution < -0.4 is 5.32 Å². The fourth-order valence-corrected chi connectivity index (χ4v) is 2.19. The zero-order valence-electron chi connectivity index (χ0n) is 11.7. The van der Waals surface area contributed by atoms with E-state index in [4.69, 9.17) is 0 Å². The summed E-state index contributed by atoms with van der Waals surface area (Å²) in [6.45, 7) is 6.93. The zero-order chi connectivity index (χ0) is 13.8. The number of nitrogens with one attached hydrogen (secondary N) is 1. The summed E-state index contributed by atoms with van der Waals surface area (Å²) < 4.78 is 13.7. The largest absolute Gasteiger partial charge is 0.306 e. The molecular formula is C17H20FN. The fraction of sp³-hybridized carbons (Fsp3) is 0.294. The van der Waals surface area contributed by atoms with Gasteiger partial charge in [-0.05, 0) is 38.0 Å². The number of hydrogen-bond donors (Lipinski definition) is 1. The normalized spacial score (nSPS) is 12.4. The van der Waals surface area contributed by atoms with Crippen LogP contribution in [0.5, 0.6) is 0 Å². The summed E-state index contributed by atoms with van der Waals surface area (Å²) in [5, 5.41) is 3.38. The van der Waals surface area contributed by atoms with E-state index >= 15 is 0 Å². The van der Waals surface area contributed by atoms with Crippen LogP contribution in [0.4, 0.5) is 4.39 Å². The van der Waals surface area contributed by atoms with Gasteiger partial charge in [-0.2, -0.15) is 0 Å². The molecule has 0 saturated carbocycles. The first-order valence-corrected chi connectivity index (χ1v) is 6.62. The van der Waals surface area contributed by atoms with Crippen molar-refractivity contribution in [3.63, 3.8) is 0 Å². The molecule has 0 aliphatic carbocycles. The van der Waals surface area contributed by atoms with Crippen LogP contribution in [0.15, 0.2) is 42.5 Å². The Balaban J connectivity index is 2.06. The summed E-state index contributed by atoms with van der Waals surface area (Å²) in [5.74, 6) is -0.150. The highest BCUT2D eigenvalue weighted by Crippen LogP contribution is 2.17. The second-order valence-corrected chi connectivity index (χ2v) is 5.05. The number of rotatable bonds is 4. The fourth-order valence-electron chi connectivity index (χ4n) is 2.19. The molecule has 19 heavy (non-hydrogen) atoms. The van der Waals surface area contributed by atoms with Gasteiger partial charge in [-0.1, -0.05) is 42.0 Å². The molecule has 2 heteroatoms. The molecule has 1 nitrogen and oxygen atoms in total. The van der Waals surface area contributed by atoms with Crippen molar-refractivity contribution in [3.8, 4) is 0 Å². The van der Waals surface area contributed by atoms with Crippen LogP contribution in [-0.4, -0.2) is 0 Å². The summed E-state index contributed by atoms with van der Waals surface area (Å²) >= 11 is 0. The number of aryl methyl sites for hydroxylation is 2. The Morgan fingerprint density at radius 1 is 1.11 bits per heavy atom. The predicted molar refractivity (Wildman–Crippen MR) is 77.6 cm³/mol. The van der Waals surface area contributed by atoms with E-state index in [0.29, 0.717) is 5.56 Å². The highest BCUT2D eigenvalue weighted by molar-refractivity contribution is 5.30. The molecular weight excluding hydrogens is 237 g/mol. The first kappa shape index (κ1) is 13.8. The lowest BCUT2D eigenvalue weighted by molar-refractivity contribution is 0.527. The molecule has 2 aromatic carbocycles. The summed E-state index contributed by atoms with van der Waals surface area (Å²) in [6, 6.07) is 13.3. The smallest absolute Gasteiger partial charge is 0.127 e. The summed E-state index contributed by atoms with van der Waals surface area (Å²) in [5.41, 5.74) is 4.50. The van der Waals surface area contributed by atoms with E-state index in [1.807, 2.05) is 19.1 Å². The molecule has 0 radical (unpaired) electrons. The second kappa shape index (κ2) is 5.98. The Hall–Kier alpha value is -1.67. The van der Waals surface area contributed by atoms with E-state index in [1.54, 1.807) is 6.07 Å². The van der Waals surface area contributed by atoms with Gasteiger partial charge in [0.25, 0.3) is 0 Å². The maximum absolute atomic E-state index is 13.7. The van der Waals surface area contributed by atoms with Crippen molar-refractivity contribution in [2.24, 2.45) is 0 Å². The number of benzene rings is 2. The molecule has 100 valence electrons. The lowest BCUT2D eigenvalue weighted by Crippen LogP contribution is -2.19. The van der Waals surface area contributed by atoms with Crippen LogP contribution >= 0.6 is 0 Å². The van der Waals surface area contributed by atoms with E-state index in [9.17, 15) is 4.39 Å². The maximum atomic E-state index is 13.7. The molecule has 0 spiro atoms. The molecule has 0 bridgehead atoms. The molecule has 2 rings (SSSR count). The van der Waals surface area contributed by atoms with Gasteiger partial charge in [-0.3, -0.25) is 0 Å². The Labute approximate surface area is 114 Å². The summed E-state index contributed by atoms with van der Waals surface area (Å²) in [6.07, 6.45) is 0. The van der Waals surface area contributed by atoms with Gasteiger partial charge in [-0.15, -0.1) is 0 Å². The standard InChI is InChI=1S/C17H20FN/c1-12-8-9-13(2)15(10-12)11-19-14(3)16-6-4-5-7-17(16)18/h4-10,14,19H,11H2,1-3H3. The summed E-state index contributed by atoms with van der Waals surface area (Å²) in [7, 11) is 0. The van der Waals surface area contributed by atoms with Gasteiger partial charge in [0.2, 0.25) is 0 Å². The van der Waals surface area contributed by atoms with Crippen molar-refractivity contribution in [2.45, 2.75) is 33.4 Å². The zero-order valence-corrected chi connectivity index (χ0v) is 11.7. The Morgan fingerprint density at radius 2 is 1.84 bits per heavy atom. The average molecular weight is 257 g/mol. The first-order valence-electron chi connectivity index (χ1n) is 6.62. The van der Waals surface area contributed by atoms with Crippen molar-refractivity contribution in [2.75, 3.05) is 0 Å².